The van der Waals surface area contributed by atoms with Crippen LogP contribution in [0.15, 0.2) is 66.7 Å². The van der Waals surface area contributed by atoms with Crippen molar-refractivity contribution in [1.82, 2.24) is 20.0 Å². The Kier molecular flexibility index (Phi) is 7.19. The number of likely N-dealkylation sites (tertiary alicyclic amines) is 1. The number of ether oxygens (including phenoxy) is 1. The molecule has 7 nitrogen and oxygen atoms in total. The molecule has 2 amide bonds. The Morgan fingerprint density at radius 3 is 2.50 bits per heavy atom. The minimum atomic E-state index is -0.210. The Bertz CT molecular complexity index is 1010. The van der Waals surface area contributed by atoms with Crippen LogP contribution in [0.4, 0.5) is 10.6 Å². The van der Waals surface area contributed by atoms with Gasteiger partial charge in [0, 0.05) is 50.8 Å². The van der Waals surface area contributed by atoms with Crippen molar-refractivity contribution in [1.29, 1.82) is 0 Å². The third-order valence-corrected chi connectivity index (χ3v) is 5.94. The normalized spacial score (nSPS) is 18.6. The molecule has 0 unspecified atom stereocenters. The second-order valence-electron chi connectivity index (χ2n) is 8.07. The number of nitrogens with one attached hydrogen (secondary N) is 2. The van der Waals surface area contributed by atoms with E-state index in [9.17, 15) is 4.79 Å². The molecule has 1 aliphatic rings. The maximum atomic E-state index is 13.0. The van der Waals surface area contributed by atoms with Gasteiger partial charge in [-0.15, -0.1) is 0 Å². The Morgan fingerprint density at radius 1 is 1.09 bits per heavy atom. The highest BCUT2D eigenvalue weighted by Gasteiger charge is 2.34. The standard InChI is InChI=1S/C25H31N5O2/c1-3-30-24(16-22(28-30)20-12-8-5-9-13-20)27-25(31)26-23-18-29(14-15-32-2)17-21(23)19-10-6-4-7-11-19/h4-13,16,21,23H,3,14-15,17-18H2,1-2H3,(H2,26,27,31)/t21-,23+/m1/s1. The Hall–Kier alpha value is -3.16. The van der Waals surface area contributed by atoms with Crippen molar-refractivity contribution in [3.8, 4) is 11.3 Å². The van der Waals surface area contributed by atoms with Gasteiger partial charge in [0.25, 0.3) is 0 Å². The largest absolute Gasteiger partial charge is 0.383 e. The van der Waals surface area contributed by atoms with Gasteiger partial charge in [-0.2, -0.15) is 5.10 Å². The molecule has 1 aliphatic heterocycles. The summed E-state index contributed by atoms with van der Waals surface area (Å²) >= 11 is 0. The zero-order chi connectivity index (χ0) is 22.3. The molecule has 168 valence electrons. The van der Waals surface area contributed by atoms with E-state index >= 15 is 0 Å². The lowest BCUT2D eigenvalue weighted by atomic mass is 9.94. The summed E-state index contributed by atoms with van der Waals surface area (Å²) in [5.74, 6) is 0.920. The van der Waals surface area contributed by atoms with Gasteiger partial charge < -0.3 is 10.1 Å². The predicted molar refractivity (Wildman–Crippen MR) is 127 cm³/mol. The van der Waals surface area contributed by atoms with E-state index in [1.54, 1.807) is 7.11 Å². The van der Waals surface area contributed by atoms with Crippen molar-refractivity contribution in [2.24, 2.45) is 0 Å². The Morgan fingerprint density at radius 2 is 1.81 bits per heavy atom. The topological polar surface area (TPSA) is 71.4 Å². The fraction of sp³-hybridized carbons (Fsp3) is 0.360. The SMILES string of the molecule is CCn1nc(-c2ccccc2)cc1NC(=O)N[C@H]1CN(CCOC)C[C@@H]1c1ccccc1. The third-order valence-electron chi connectivity index (χ3n) is 5.94. The van der Waals surface area contributed by atoms with Crippen LogP contribution in [-0.2, 0) is 11.3 Å². The van der Waals surface area contributed by atoms with Crippen LogP contribution in [0.3, 0.4) is 0 Å². The molecule has 0 saturated carbocycles. The van der Waals surface area contributed by atoms with Crippen LogP contribution < -0.4 is 10.6 Å². The molecule has 1 aromatic heterocycles. The molecule has 32 heavy (non-hydrogen) atoms. The van der Waals surface area contributed by atoms with Crippen molar-refractivity contribution in [2.45, 2.75) is 25.4 Å². The summed E-state index contributed by atoms with van der Waals surface area (Å²) in [6.07, 6.45) is 0. The van der Waals surface area contributed by atoms with E-state index in [4.69, 9.17) is 4.74 Å². The first-order valence-electron chi connectivity index (χ1n) is 11.1. The molecule has 2 N–H and O–H groups in total. The molecule has 2 heterocycles. The molecule has 0 spiro atoms. The highest BCUT2D eigenvalue weighted by molar-refractivity contribution is 5.89. The fourth-order valence-corrected chi connectivity index (χ4v) is 4.30. The number of urea groups is 1. The number of hydrogen-bond donors (Lipinski definition) is 2. The first kappa shape index (κ1) is 22.0. The summed E-state index contributed by atoms with van der Waals surface area (Å²) in [6.45, 7) is 5.90. The van der Waals surface area contributed by atoms with Gasteiger partial charge in [0.15, 0.2) is 0 Å². The van der Waals surface area contributed by atoms with Crippen LogP contribution in [0.25, 0.3) is 11.3 Å². The molecule has 1 saturated heterocycles. The van der Waals surface area contributed by atoms with Gasteiger partial charge >= 0.3 is 6.03 Å². The van der Waals surface area contributed by atoms with Crippen LogP contribution in [0.2, 0.25) is 0 Å². The number of rotatable bonds is 8. The maximum absolute atomic E-state index is 13.0. The lowest BCUT2D eigenvalue weighted by Crippen LogP contribution is -2.42. The number of aryl methyl sites for hydroxylation is 1. The molecule has 0 bridgehead atoms. The molecular weight excluding hydrogens is 402 g/mol. The van der Waals surface area contributed by atoms with E-state index < -0.39 is 0 Å². The molecule has 7 heteroatoms. The van der Waals surface area contributed by atoms with Gasteiger partial charge in [-0.25, -0.2) is 9.48 Å². The monoisotopic (exact) mass is 433 g/mol. The van der Waals surface area contributed by atoms with Crippen LogP contribution in [-0.4, -0.2) is 60.1 Å². The van der Waals surface area contributed by atoms with E-state index in [-0.39, 0.29) is 18.0 Å². The number of anilines is 1. The maximum Gasteiger partial charge on any atom is 0.320 e. The average molecular weight is 434 g/mol. The molecule has 2 atom stereocenters. The van der Waals surface area contributed by atoms with Crippen molar-refractivity contribution in [2.75, 3.05) is 38.7 Å². The molecule has 3 aromatic rings. The lowest BCUT2D eigenvalue weighted by molar-refractivity contribution is 0.159. The van der Waals surface area contributed by atoms with Crippen molar-refractivity contribution < 1.29 is 9.53 Å². The molecule has 1 fully saturated rings. The van der Waals surface area contributed by atoms with Crippen LogP contribution in [0.1, 0.15) is 18.4 Å². The van der Waals surface area contributed by atoms with Gasteiger partial charge in [-0.3, -0.25) is 10.2 Å². The second-order valence-corrected chi connectivity index (χ2v) is 8.07. The zero-order valence-corrected chi connectivity index (χ0v) is 18.7. The number of methoxy groups -OCH3 is 1. The summed E-state index contributed by atoms with van der Waals surface area (Å²) in [6, 6.07) is 22.1. The van der Waals surface area contributed by atoms with Crippen LogP contribution in [0.5, 0.6) is 0 Å². The number of hydrogen-bond acceptors (Lipinski definition) is 4. The van der Waals surface area contributed by atoms with Crippen LogP contribution >= 0.6 is 0 Å². The van der Waals surface area contributed by atoms with E-state index in [1.807, 2.05) is 54.1 Å². The number of benzene rings is 2. The Labute approximate surface area is 189 Å². The Balaban J connectivity index is 1.47. The van der Waals surface area contributed by atoms with Gasteiger partial charge in [-0.1, -0.05) is 60.7 Å². The predicted octanol–water partition coefficient (Wildman–Crippen LogP) is 3.81. The van der Waals surface area contributed by atoms with E-state index in [1.165, 1.54) is 5.56 Å². The van der Waals surface area contributed by atoms with E-state index in [0.717, 1.165) is 30.9 Å². The molecule has 2 aromatic carbocycles. The zero-order valence-electron chi connectivity index (χ0n) is 18.7. The summed E-state index contributed by atoms with van der Waals surface area (Å²) in [5, 5.41) is 10.9. The number of carbonyl (C=O) groups excluding carboxylic acids is 1. The van der Waals surface area contributed by atoms with Crippen molar-refractivity contribution >= 4 is 11.8 Å². The van der Waals surface area contributed by atoms with Crippen molar-refractivity contribution in [3.63, 3.8) is 0 Å². The number of amides is 2. The summed E-state index contributed by atoms with van der Waals surface area (Å²) in [5.41, 5.74) is 3.11. The summed E-state index contributed by atoms with van der Waals surface area (Å²) in [7, 11) is 1.72. The summed E-state index contributed by atoms with van der Waals surface area (Å²) in [4.78, 5) is 15.3. The van der Waals surface area contributed by atoms with E-state index in [0.29, 0.717) is 19.0 Å². The number of carbonyl (C=O) groups is 1. The van der Waals surface area contributed by atoms with Gasteiger partial charge in [-0.05, 0) is 12.5 Å². The highest BCUT2D eigenvalue weighted by Crippen LogP contribution is 2.28. The minimum Gasteiger partial charge on any atom is -0.383 e. The highest BCUT2D eigenvalue weighted by atomic mass is 16.5. The molecule has 0 radical (unpaired) electrons. The molecular formula is C25H31N5O2. The number of nitrogens with zero attached hydrogens (tertiary/aromatic N) is 3. The van der Waals surface area contributed by atoms with E-state index in [2.05, 4.69) is 44.9 Å². The minimum absolute atomic E-state index is 0.0147. The lowest BCUT2D eigenvalue weighted by Gasteiger charge is -2.20. The average Bonchev–Trinajstić information content (AvgIpc) is 3.42. The van der Waals surface area contributed by atoms with Gasteiger partial charge in [0.05, 0.1) is 18.3 Å². The second kappa shape index (κ2) is 10.4. The van der Waals surface area contributed by atoms with Crippen LogP contribution in [0, 0.1) is 0 Å². The van der Waals surface area contributed by atoms with Gasteiger partial charge in [0.2, 0.25) is 0 Å². The van der Waals surface area contributed by atoms with Gasteiger partial charge in [0.1, 0.15) is 5.82 Å². The number of aromatic nitrogens is 2. The first-order chi connectivity index (χ1) is 15.7. The smallest absolute Gasteiger partial charge is 0.320 e. The van der Waals surface area contributed by atoms with Crippen molar-refractivity contribution in [3.05, 3.63) is 72.3 Å². The first-order valence-corrected chi connectivity index (χ1v) is 11.1. The third kappa shape index (κ3) is 5.18. The molecule has 4 rings (SSSR count). The molecule has 0 aliphatic carbocycles. The fourth-order valence-electron chi connectivity index (χ4n) is 4.30. The summed E-state index contributed by atoms with van der Waals surface area (Å²) < 4.78 is 7.07. The quantitative estimate of drug-likeness (QED) is 0.567.